The van der Waals surface area contributed by atoms with Crippen LogP contribution in [0.5, 0.6) is 0 Å². The van der Waals surface area contributed by atoms with Crippen LogP contribution in [0.2, 0.25) is 0 Å². The van der Waals surface area contributed by atoms with E-state index >= 15 is 0 Å². The minimum absolute atomic E-state index is 0.0976. The van der Waals surface area contributed by atoms with E-state index in [4.69, 9.17) is 4.42 Å². The molecule has 0 radical (unpaired) electrons. The van der Waals surface area contributed by atoms with E-state index in [0.717, 1.165) is 17.9 Å². The molecule has 2 aromatic rings. The maximum absolute atomic E-state index is 13.6. The quantitative estimate of drug-likeness (QED) is 0.837. The van der Waals surface area contributed by atoms with Crippen molar-refractivity contribution in [3.63, 3.8) is 0 Å². The standard InChI is InChI=1S/C17H18FNO2S/c1-12-4-5-13(11-14(12)18)17(20)19-7-6-16(22-10-8-19)15-3-2-9-21-15/h2-5,9,11,16H,6-8,10H2,1H3. The summed E-state index contributed by atoms with van der Waals surface area (Å²) >= 11 is 1.80. The number of hydrogen-bond acceptors (Lipinski definition) is 3. The van der Waals surface area contributed by atoms with Crippen molar-refractivity contribution < 1.29 is 13.6 Å². The molecule has 0 spiro atoms. The normalized spacial score (nSPS) is 19.0. The molecule has 1 aromatic carbocycles. The lowest BCUT2D eigenvalue weighted by Gasteiger charge is -2.20. The maximum atomic E-state index is 13.6. The van der Waals surface area contributed by atoms with Gasteiger partial charge in [0.2, 0.25) is 0 Å². The molecule has 3 rings (SSSR count). The first-order valence-electron chi connectivity index (χ1n) is 7.35. The van der Waals surface area contributed by atoms with E-state index in [9.17, 15) is 9.18 Å². The molecule has 0 aliphatic carbocycles. The fourth-order valence-electron chi connectivity index (χ4n) is 2.58. The Balaban J connectivity index is 1.70. The average Bonchev–Trinajstić information content (AvgIpc) is 2.94. The largest absolute Gasteiger partial charge is 0.468 e. The van der Waals surface area contributed by atoms with Crippen molar-refractivity contribution in [2.75, 3.05) is 18.8 Å². The number of carbonyl (C=O) groups excluding carboxylic acids is 1. The van der Waals surface area contributed by atoms with E-state index in [0.29, 0.717) is 24.2 Å². The molecule has 1 aliphatic heterocycles. The summed E-state index contributed by atoms with van der Waals surface area (Å²) in [4.78, 5) is 14.3. The molecule has 2 heterocycles. The fraction of sp³-hybridized carbons (Fsp3) is 0.353. The summed E-state index contributed by atoms with van der Waals surface area (Å²) in [7, 11) is 0. The highest BCUT2D eigenvalue weighted by Crippen LogP contribution is 2.34. The molecule has 0 N–H and O–H groups in total. The first-order valence-corrected chi connectivity index (χ1v) is 8.40. The van der Waals surface area contributed by atoms with Crippen molar-refractivity contribution in [3.05, 3.63) is 59.3 Å². The number of hydrogen-bond donors (Lipinski definition) is 0. The van der Waals surface area contributed by atoms with Crippen LogP contribution in [0, 0.1) is 12.7 Å². The second kappa shape index (κ2) is 6.57. The van der Waals surface area contributed by atoms with Crippen LogP contribution < -0.4 is 0 Å². The number of aryl methyl sites for hydroxylation is 1. The van der Waals surface area contributed by atoms with E-state index in [-0.39, 0.29) is 17.0 Å². The van der Waals surface area contributed by atoms with Crippen molar-refractivity contribution >= 4 is 17.7 Å². The third-order valence-corrected chi connectivity index (χ3v) is 5.20. The summed E-state index contributed by atoms with van der Waals surface area (Å²) < 4.78 is 19.1. The Labute approximate surface area is 133 Å². The summed E-state index contributed by atoms with van der Waals surface area (Å²) in [6.07, 6.45) is 2.52. The second-order valence-electron chi connectivity index (χ2n) is 5.42. The Kier molecular flexibility index (Phi) is 4.52. The molecule has 5 heteroatoms. The van der Waals surface area contributed by atoms with Gasteiger partial charge >= 0.3 is 0 Å². The predicted molar refractivity (Wildman–Crippen MR) is 85.6 cm³/mol. The van der Waals surface area contributed by atoms with Gasteiger partial charge in [-0.3, -0.25) is 4.79 Å². The lowest BCUT2D eigenvalue weighted by molar-refractivity contribution is 0.0765. The van der Waals surface area contributed by atoms with Gasteiger partial charge in [0.15, 0.2) is 0 Å². The van der Waals surface area contributed by atoms with Crippen LogP contribution in [-0.2, 0) is 0 Å². The van der Waals surface area contributed by atoms with Gasteiger partial charge in [0.05, 0.1) is 11.5 Å². The van der Waals surface area contributed by atoms with Crippen LogP contribution in [0.25, 0.3) is 0 Å². The molecule has 1 aromatic heterocycles. The first-order chi connectivity index (χ1) is 10.6. The molecule has 0 saturated carbocycles. The summed E-state index contributed by atoms with van der Waals surface area (Å²) in [5.74, 6) is 1.38. The highest BCUT2D eigenvalue weighted by Gasteiger charge is 2.24. The zero-order valence-corrected chi connectivity index (χ0v) is 13.2. The third kappa shape index (κ3) is 3.19. The Bertz CT molecular complexity index is 657. The highest BCUT2D eigenvalue weighted by atomic mass is 32.2. The molecule has 1 fully saturated rings. The summed E-state index contributed by atoms with van der Waals surface area (Å²) in [6.45, 7) is 3.03. The number of halogens is 1. The Morgan fingerprint density at radius 1 is 1.36 bits per heavy atom. The van der Waals surface area contributed by atoms with Gasteiger partial charge in [0.25, 0.3) is 5.91 Å². The van der Waals surface area contributed by atoms with E-state index in [1.54, 1.807) is 42.0 Å². The van der Waals surface area contributed by atoms with Crippen LogP contribution in [0.3, 0.4) is 0 Å². The number of carbonyl (C=O) groups is 1. The molecule has 1 unspecified atom stereocenters. The van der Waals surface area contributed by atoms with E-state index < -0.39 is 0 Å². The molecule has 116 valence electrons. The number of furan rings is 1. The lowest BCUT2D eigenvalue weighted by atomic mass is 10.1. The molecule has 1 atom stereocenters. The highest BCUT2D eigenvalue weighted by molar-refractivity contribution is 7.99. The van der Waals surface area contributed by atoms with Gasteiger partial charge in [-0.1, -0.05) is 6.07 Å². The molecular weight excluding hydrogens is 301 g/mol. The van der Waals surface area contributed by atoms with E-state index in [1.807, 2.05) is 12.1 Å². The maximum Gasteiger partial charge on any atom is 0.253 e. The van der Waals surface area contributed by atoms with Crippen LogP contribution in [0.4, 0.5) is 4.39 Å². The fourth-order valence-corrected chi connectivity index (χ4v) is 3.76. The van der Waals surface area contributed by atoms with Crippen molar-refractivity contribution in [2.24, 2.45) is 0 Å². The van der Waals surface area contributed by atoms with Gasteiger partial charge in [-0.2, -0.15) is 0 Å². The van der Waals surface area contributed by atoms with E-state index in [2.05, 4.69) is 0 Å². The summed E-state index contributed by atoms with van der Waals surface area (Å²) in [5, 5.41) is 0.280. The average molecular weight is 319 g/mol. The summed E-state index contributed by atoms with van der Waals surface area (Å²) in [6, 6.07) is 8.55. The van der Waals surface area contributed by atoms with Gasteiger partial charge in [-0.25, -0.2) is 4.39 Å². The van der Waals surface area contributed by atoms with Crippen molar-refractivity contribution in [1.82, 2.24) is 4.90 Å². The Morgan fingerprint density at radius 3 is 2.95 bits per heavy atom. The van der Waals surface area contributed by atoms with Crippen molar-refractivity contribution in [3.8, 4) is 0 Å². The van der Waals surface area contributed by atoms with Crippen LogP contribution >= 0.6 is 11.8 Å². The smallest absolute Gasteiger partial charge is 0.253 e. The van der Waals surface area contributed by atoms with Gasteiger partial charge in [0.1, 0.15) is 11.6 Å². The Hall–Kier alpha value is -1.75. The Morgan fingerprint density at radius 2 is 2.23 bits per heavy atom. The number of rotatable bonds is 2. The zero-order chi connectivity index (χ0) is 15.5. The first kappa shape index (κ1) is 15.2. The van der Waals surface area contributed by atoms with Gasteiger partial charge in [-0.05, 0) is 43.2 Å². The monoisotopic (exact) mass is 319 g/mol. The minimum Gasteiger partial charge on any atom is -0.468 e. The molecule has 1 aliphatic rings. The molecule has 3 nitrogen and oxygen atoms in total. The second-order valence-corrected chi connectivity index (χ2v) is 6.73. The lowest BCUT2D eigenvalue weighted by Crippen LogP contribution is -2.33. The number of thioether (sulfide) groups is 1. The van der Waals surface area contributed by atoms with Crippen LogP contribution in [-0.4, -0.2) is 29.6 Å². The van der Waals surface area contributed by atoms with E-state index in [1.165, 1.54) is 6.07 Å². The van der Waals surface area contributed by atoms with Gasteiger partial charge < -0.3 is 9.32 Å². The predicted octanol–water partition coefficient (Wildman–Crippen LogP) is 4.05. The number of benzene rings is 1. The summed E-state index contributed by atoms with van der Waals surface area (Å²) in [5.41, 5.74) is 0.977. The zero-order valence-electron chi connectivity index (χ0n) is 12.4. The SMILES string of the molecule is Cc1ccc(C(=O)N2CCSC(c3ccco3)CC2)cc1F. The van der Waals surface area contributed by atoms with Crippen LogP contribution in [0.15, 0.2) is 41.0 Å². The topological polar surface area (TPSA) is 33.5 Å². The number of amides is 1. The third-order valence-electron chi connectivity index (χ3n) is 3.91. The van der Waals surface area contributed by atoms with Gasteiger partial charge in [0, 0.05) is 24.4 Å². The molecule has 1 saturated heterocycles. The van der Waals surface area contributed by atoms with Crippen molar-refractivity contribution in [2.45, 2.75) is 18.6 Å². The number of nitrogens with zero attached hydrogens (tertiary/aromatic N) is 1. The molecule has 1 amide bonds. The molecular formula is C17H18FNO2S. The molecule has 0 bridgehead atoms. The molecule has 22 heavy (non-hydrogen) atoms. The minimum atomic E-state index is -0.330. The van der Waals surface area contributed by atoms with Crippen LogP contribution in [0.1, 0.15) is 33.4 Å². The van der Waals surface area contributed by atoms with Gasteiger partial charge in [-0.15, -0.1) is 11.8 Å². The van der Waals surface area contributed by atoms with Crippen molar-refractivity contribution in [1.29, 1.82) is 0 Å².